The first-order chi connectivity index (χ1) is 9.70. The van der Waals surface area contributed by atoms with E-state index in [-0.39, 0.29) is 5.78 Å². The summed E-state index contributed by atoms with van der Waals surface area (Å²) in [5, 5.41) is 11.5. The molecule has 3 heteroatoms. The van der Waals surface area contributed by atoms with Gasteiger partial charge in [-0.3, -0.25) is 4.79 Å². The second-order valence-corrected chi connectivity index (χ2v) is 5.84. The molecule has 0 saturated carbocycles. The van der Waals surface area contributed by atoms with Gasteiger partial charge in [-0.15, -0.1) is 0 Å². The third-order valence-corrected chi connectivity index (χ3v) is 3.68. The Morgan fingerprint density at radius 3 is 1.75 bits per heavy atom. The minimum absolute atomic E-state index is 0.191. The van der Waals surface area contributed by atoms with Crippen LogP contribution in [0.4, 0.5) is 0 Å². The zero-order valence-electron chi connectivity index (χ0n) is 13.5. The lowest BCUT2D eigenvalue weighted by molar-refractivity contribution is -0.118. The molecule has 0 aliphatic rings. The normalized spacial score (nSPS) is 11.8. The van der Waals surface area contributed by atoms with E-state index in [0.29, 0.717) is 18.6 Å². The molecule has 0 aliphatic heterocycles. The van der Waals surface area contributed by atoms with Crippen molar-refractivity contribution in [2.24, 2.45) is 5.16 Å². The number of carbonyl (C=O) groups excluding carboxylic acids is 1. The summed E-state index contributed by atoms with van der Waals surface area (Å²) < 4.78 is 0. The number of Topliss-reactive ketones (excluding diaryl/α,β-unsaturated/α-hetero) is 1. The Balaban J connectivity index is 3.18. The average molecular weight is 283 g/mol. The highest BCUT2D eigenvalue weighted by Gasteiger charge is 2.04. The van der Waals surface area contributed by atoms with Crippen molar-refractivity contribution in [2.75, 3.05) is 0 Å². The Morgan fingerprint density at radius 2 is 1.30 bits per heavy atom. The Hall–Kier alpha value is -0.860. The minimum Gasteiger partial charge on any atom is -0.411 e. The highest BCUT2D eigenvalue weighted by molar-refractivity contribution is 6.00. The standard InChI is InChI=1S/C17H33NO2/c1-3-4-5-6-7-8-9-10-11-12-13-14-17(19)15-16(2)18-20/h20H,3-15H2,1-2H3. The first-order valence-electron chi connectivity index (χ1n) is 8.40. The second kappa shape index (κ2) is 14.5. The molecule has 1 N–H and O–H groups in total. The highest BCUT2D eigenvalue weighted by atomic mass is 16.4. The molecule has 0 spiro atoms. The van der Waals surface area contributed by atoms with E-state index >= 15 is 0 Å². The van der Waals surface area contributed by atoms with Crippen molar-refractivity contribution < 1.29 is 10.0 Å². The summed E-state index contributed by atoms with van der Waals surface area (Å²) in [5.41, 5.74) is 0.512. The van der Waals surface area contributed by atoms with Crippen molar-refractivity contribution in [1.82, 2.24) is 0 Å². The number of rotatable bonds is 14. The van der Waals surface area contributed by atoms with Gasteiger partial charge in [0.15, 0.2) is 0 Å². The van der Waals surface area contributed by atoms with E-state index < -0.39 is 0 Å². The molecule has 0 radical (unpaired) electrons. The lowest BCUT2D eigenvalue weighted by Crippen LogP contribution is -2.04. The molecule has 0 rings (SSSR count). The molecule has 0 bridgehead atoms. The molecule has 0 fully saturated rings. The summed E-state index contributed by atoms with van der Waals surface area (Å²) >= 11 is 0. The van der Waals surface area contributed by atoms with Gasteiger partial charge in [0.25, 0.3) is 0 Å². The topological polar surface area (TPSA) is 49.7 Å². The van der Waals surface area contributed by atoms with Crippen molar-refractivity contribution in [2.45, 2.75) is 97.3 Å². The lowest BCUT2D eigenvalue weighted by Gasteiger charge is -2.02. The van der Waals surface area contributed by atoms with Crippen molar-refractivity contribution in [3.05, 3.63) is 0 Å². The van der Waals surface area contributed by atoms with Crippen LogP contribution in [0.1, 0.15) is 97.3 Å². The maximum atomic E-state index is 11.5. The lowest BCUT2D eigenvalue weighted by atomic mass is 10.0. The molecule has 0 heterocycles. The molecule has 0 saturated heterocycles. The van der Waals surface area contributed by atoms with Gasteiger partial charge >= 0.3 is 0 Å². The molecular weight excluding hydrogens is 250 g/mol. The maximum Gasteiger partial charge on any atom is 0.138 e. The molecule has 0 amide bonds. The largest absolute Gasteiger partial charge is 0.411 e. The Morgan fingerprint density at radius 1 is 0.850 bits per heavy atom. The Bertz CT molecular complexity index is 262. The van der Waals surface area contributed by atoms with Crippen LogP contribution >= 0.6 is 0 Å². The Kier molecular flexibility index (Phi) is 13.9. The summed E-state index contributed by atoms with van der Waals surface area (Å²) in [4.78, 5) is 11.5. The van der Waals surface area contributed by atoms with Crippen LogP contribution in [-0.4, -0.2) is 16.7 Å². The fraction of sp³-hybridized carbons (Fsp3) is 0.882. The number of nitrogens with zero attached hydrogens (tertiary/aromatic N) is 1. The number of oxime groups is 1. The van der Waals surface area contributed by atoms with Crippen molar-refractivity contribution in [3.8, 4) is 0 Å². The number of ketones is 1. The molecule has 20 heavy (non-hydrogen) atoms. The second-order valence-electron chi connectivity index (χ2n) is 5.84. The fourth-order valence-electron chi connectivity index (χ4n) is 2.40. The van der Waals surface area contributed by atoms with Crippen molar-refractivity contribution in [1.29, 1.82) is 0 Å². The minimum atomic E-state index is 0.191. The van der Waals surface area contributed by atoms with Crippen LogP contribution in [0, 0.1) is 0 Å². The fourth-order valence-corrected chi connectivity index (χ4v) is 2.40. The summed E-state index contributed by atoms with van der Waals surface area (Å²) in [5.74, 6) is 0.191. The number of carbonyl (C=O) groups is 1. The van der Waals surface area contributed by atoms with Crippen molar-refractivity contribution in [3.63, 3.8) is 0 Å². The third-order valence-electron chi connectivity index (χ3n) is 3.68. The van der Waals surface area contributed by atoms with E-state index in [9.17, 15) is 4.79 Å². The predicted molar refractivity (Wildman–Crippen MR) is 85.6 cm³/mol. The maximum absolute atomic E-state index is 11.5. The molecule has 0 atom stereocenters. The number of unbranched alkanes of at least 4 members (excludes halogenated alkanes) is 10. The number of hydrogen-bond acceptors (Lipinski definition) is 3. The summed E-state index contributed by atoms with van der Waals surface area (Å²) in [6.45, 7) is 3.93. The zero-order chi connectivity index (χ0) is 15.1. The van der Waals surface area contributed by atoms with Crippen LogP contribution in [-0.2, 0) is 4.79 Å². The number of hydrogen-bond donors (Lipinski definition) is 1. The van der Waals surface area contributed by atoms with E-state index in [1.807, 2.05) is 0 Å². The van der Waals surface area contributed by atoms with Crippen LogP contribution in [0.2, 0.25) is 0 Å². The Labute approximate surface area is 124 Å². The van der Waals surface area contributed by atoms with Crippen LogP contribution in [0.5, 0.6) is 0 Å². The van der Waals surface area contributed by atoms with Gasteiger partial charge in [0.05, 0.1) is 5.71 Å². The van der Waals surface area contributed by atoms with Gasteiger partial charge in [-0.2, -0.15) is 0 Å². The van der Waals surface area contributed by atoms with Gasteiger partial charge in [0, 0.05) is 12.8 Å². The van der Waals surface area contributed by atoms with Gasteiger partial charge in [-0.05, 0) is 13.3 Å². The zero-order valence-corrected chi connectivity index (χ0v) is 13.5. The van der Waals surface area contributed by atoms with E-state index in [4.69, 9.17) is 5.21 Å². The third kappa shape index (κ3) is 13.6. The predicted octanol–water partition coefficient (Wildman–Crippen LogP) is 5.50. The summed E-state index contributed by atoms with van der Waals surface area (Å²) in [6, 6.07) is 0. The highest BCUT2D eigenvalue weighted by Crippen LogP contribution is 2.12. The van der Waals surface area contributed by atoms with Crippen LogP contribution < -0.4 is 0 Å². The smallest absolute Gasteiger partial charge is 0.138 e. The van der Waals surface area contributed by atoms with Crippen molar-refractivity contribution >= 4 is 11.5 Å². The van der Waals surface area contributed by atoms with Crippen LogP contribution in [0.3, 0.4) is 0 Å². The van der Waals surface area contributed by atoms with Crippen LogP contribution in [0.15, 0.2) is 5.16 Å². The van der Waals surface area contributed by atoms with Gasteiger partial charge in [-0.25, -0.2) is 0 Å². The van der Waals surface area contributed by atoms with E-state index in [2.05, 4.69) is 12.1 Å². The van der Waals surface area contributed by atoms with Gasteiger partial charge in [-0.1, -0.05) is 76.3 Å². The SMILES string of the molecule is CCCCCCCCCCCCCC(=O)CC(C)=NO. The van der Waals surface area contributed by atoms with E-state index in [1.54, 1.807) is 6.92 Å². The molecule has 0 unspecified atom stereocenters. The van der Waals surface area contributed by atoms with Gasteiger partial charge in [0.1, 0.15) is 5.78 Å². The molecule has 3 nitrogen and oxygen atoms in total. The van der Waals surface area contributed by atoms with Gasteiger partial charge in [0.2, 0.25) is 0 Å². The molecule has 118 valence electrons. The average Bonchev–Trinajstić information content (AvgIpc) is 2.44. The first-order valence-corrected chi connectivity index (χ1v) is 8.40. The van der Waals surface area contributed by atoms with E-state index in [1.165, 1.54) is 57.8 Å². The molecule has 0 aromatic heterocycles. The quantitative estimate of drug-likeness (QED) is 0.198. The van der Waals surface area contributed by atoms with Gasteiger partial charge < -0.3 is 5.21 Å². The summed E-state index contributed by atoms with van der Waals surface area (Å²) in [7, 11) is 0. The molecule has 0 aliphatic carbocycles. The molecule has 0 aromatic rings. The molecule has 0 aromatic carbocycles. The van der Waals surface area contributed by atoms with E-state index in [0.717, 1.165) is 12.8 Å². The van der Waals surface area contributed by atoms with Crippen LogP contribution in [0.25, 0.3) is 0 Å². The molecular formula is C17H33NO2. The first kappa shape index (κ1) is 19.1. The summed E-state index contributed by atoms with van der Waals surface area (Å²) in [6.07, 6.45) is 15.2. The monoisotopic (exact) mass is 283 g/mol.